The number of hydrogen-bond donors (Lipinski definition) is 1. The molecule has 0 spiro atoms. The summed E-state index contributed by atoms with van der Waals surface area (Å²) >= 11 is 0. The van der Waals surface area contributed by atoms with E-state index in [0.717, 1.165) is 24.5 Å². The number of anilines is 1. The molecule has 0 aliphatic rings. The minimum absolute atomic E-state index is 0.672. The van der Waals surface area contributed by atoms with Crippen molar-refractivity contribution < 1.29 is 9.47 Å². The van der Waals surface area contributed by atoms with E-state index in [4.69, 9.17) is 15.2 Å². The largest absolute Gasteiger partial charge is 0.497 e. The molecule has 20 heavy (non-hydrogen) atoms. The van der Waals surface area contributed by atoms with E-state index >= 15 is 0 Å². The number of nitrogens with two attached hydrogens (primary N) is 1. The van der Waals surface area contributed by atoms with Crippen molar-refractivity contribution in [2.75, 3.05) is 19.5 Å². The van der Waals surface area contributed by atoms with Crippen molar-refractivity contribution in [3.63, 3.8) is 0 Å². The molecule has 0 heterocycles. The Morgan fingerprint density at radius 3 is 2.25 bits per heavy atom. The van der Waals surface area contributed by atoms with Crippen molar-refractivity contribution in [3.05, 3.63) is 18.2 Å². The predicted octanol–water partition coefficient (Wildman–Crippen LogP) is 4.80. The Bertz CT molecular complexity index is 366. The molecule has 0 aliphatic carbocycles. The van der Waals surface area contributed by atoms with Gasteiger partial charge in [-0.25, -0.2) is 0 Å². The Balaban J connectivity index is 2.09. The molecular weight excluding hydrogens is 250 g/mol. The van der Waals surface area contributed by atoms with Crippen LogP contribution in [0.5, 0.6) is 11.5 Å². The molecule has 114 valence electrons. The fourth-order valence-electron chi connectivity index (χ4n) is 2.18. The molecule has 0 unspecified atom stereocenters. The van der Waals surface area contributed by atoms with E-state index in [1.54, 1.807) is 7.11 Å². The molecule has 0 radical (unpaired) electrons. The van der Waals surface area contributed by atoms with Gasteiger partial charge in [-0.1, -0.05) is 51.9 Å². The van der Waals surface area contributed by atoms with Gasteiger partial charge in [-0.2, -0.15) is 0 Å². The lowest BCUT2D eigenvalue weighted by molar-refractivity contribution is 0.303. The first-order valence-electron chi connectivity index (χ1n) is 7.84. The third kappa shape index (κ3) is 6.69. The highest BCUT2D eigenvalue weighted by Crippen LogP contribution is 2.26. The van der Waals surface area contributed by atoms with Crippen LogP contribution >= 0.6 is 0 Å². The van der Waals surface area contributed by atoms with Gasteiger partial charge in [-0.05, 0) is 18.6 Å². The summed E-state index contributed by atoms with van der Waals surface area (Å²) in [5.74, 6) is 1.51. The Hall–Kier alpha value is -1.38. The van der Waals surface area contributed by atoms with E-state index in [1.807, 2.05) is 18.2 Å². The summed E-state index contributed by atoms with van der Waals surface area (Å²) in [6.45, 7) is 2.98. The molecule has 0 amide bonds. The molecule has 0 aromatic heterocycles. The van der Waals surface area contributed by atoms with Crippen LogP contribution in [0.2, 0.25) is 0 Å². The minimum Gasteiger partial charge on any atom is -0.497 e. The second-order valence-electron chi connectivity index (χ2n) is 5.23. The van der Waals surface area contributed by atoms with Crippen LogP contribution in [-0.4, -0.2) is 13.7 Å². The molecule has 1 aromatic carbocycles. The van der Waals surface area contributed by atoms with Gasteiger partial charge in [0.2, 0.25) is 0 Å². The fourth-order valence-corrected chi connectivity index (χ4v) is 2.18. The molecule has 2 N–H and O–H groups in total. The Morgan fingerprint density at radius 2 is 1.60 bits per heavy atom. The molecule has 0 saturated carbocycles. The van der Waals surface area contributed by atoms with Crippen LogP contribution in [0.25, 0.3) is 0 Å². The first-order chi connectivity index (χ1) is 9.77. The molecule has 0 atom stereocenters. The topological polar surface area (TPSA) is 44.5 Å². The summed E-state index contributed by atoms with van der Waals surface area (Å²) in [6.07, 6.45) is 10.4. The lowest BCUT2D eigenvalue weighted by Gasteiger charge is -2.10. The Kier molecular flexibility index (Phi) is 8.68. The lowest BCUT2D eigenvalue weighted by Crippen LogP contribution is -2.00. The molecule has 0 aliphatic heterocycles. The highest BCUT2D eigenvalue weighted by atomic mass is 16.5. The molecule has 0 bridgehead atoms. The SMILES string of the molecule is CCCCCCCCCCOc1cc(OC)ccc1N. The quantitative estimate of drug-likeness (QED) is 0.467. The number of rotatable bonds is 11. The number of methoxy groups -OCH3 is 1. The molecule has 1 rings (SSSR count). The van der Waals surface area contributed by atoms with Gasteiger partial charge in [0.05, 0.1) is 19.4 Å². The van der Waals surface area contributed by atoms with Gasteiger partial charge in [0.15, 0.2) is 0 Å². The third-order valence-electron chi connectivity index (χ3n) is 3.48. The number of nitrogen functional groups attached to an aromatic ring is 1. The average Bonchev–Trinajstić information content (AvgIpc) is 2.47. The van der Waals surface area contributed by atoms with E-state index in [2.05, 4.69) is 6.92 Å². The molecule has 0 saturated heterocycles. The summed E-state index contributed by atoms with van der Waals surface area (Å²) in [4.78, 5) is 0. The summed E-state index contributed by atoms with van der Waals surface area (Å²) < 4.78 is 10.9. The third-order valence-corrected chi connectivity index (χ3v) is 3.48. The van der Waals surface area contributed by atoms with E-state index < -0.39 is 0 Å². The maximum atomic E-state index is 5.87. The van der Waals surface area contributed by atoms with Crippen molar-refractivity contribution in [2.24, 2.45) is 0 Å². The van der Waals surface area contributed by atoms with Crippen molar-refractivity contribution >= 4 is 5.69 Å². The zero-order valence-corrected chi connectivity index (χ0v) is 13.0. The molecule has 0 fully saturated rings. The number of hydrogen-bond acceptors (Lipinski definition) is 3. The maximum absolute atomic E-state index is 5.87. The molecule has 3 heteroatoms. The second kappa shape index (κ2) is 10.4. The number of unbranched alkanes of at least 4 members (excludes halogenated alkanes) is 7. The highest BCUT2D eigenvalue weighted by Gasteiger charge is 2.02. The van der Waals surface area contributed by atoms with E-state index in [-0.39, 0.29) is 0 Å². The van der Waals surface area contributed by atoms with Crippen molar-refractivity contribution in [1.82, 2.24) is 0 Å². The average molecular weight is 279 g/mol. The fraction of sp³-hybridized carbons (Fsp3) is 0.647. The normalized spacial score (nSPS) is 10.5. The van der Waals surface area contributed by atoms with E-state index in [9.17, 15) is 0 Å². The van der Waals surface area contributed by atoms with Gasteiger partial charge in [0.25, 0.3) is 0 Å². The second-order valence-corrected chi connectivity index (χ2v) is 5.23. The van der Waals surface area contributed by atoms with Gasteiger partial charge in [0, 0.05) is 6.07 Å². The Labute approximate surface area is 123 Å². The minimum atomic E-state index is 0.672. The van der Waals surface area contributed by atoms with Crippen LogP contribution in [0.1, 0.15) is 58.3 Å². The van der Waals surface area contributed by atoms with Gasteiger partial charge < -0.3 is 15.2 Å². The van der Waals surface area contributed by atoms with Crippen LogP contribution in [0, 0.1) is 0 Å². The summed E-state index contributed by atoms with van der Waals surface area (Å²) in [5.41, 5.74) is 6.54. The smallest absolute Gasteiger partial charge is 0.145 e. The molecule has 1 aromatic rings. The molecular formula is C17H29NO2. The summed E-state index contributed by atoms with van der Waals surface area (Å²) in [7, 11) is 1.65. The van der Waals surface area contributed by atoms with Crippen LogP contribution < -0.4 is 15.2 Å². The van der Waals surface area contributed by atoms with Crippen LogP contribution in [0.4, 0.5) is 5.69 Å². The van der Waals surface area contributed by atoms with Gasteiger partial charge >= 0.3 is 0 Å². The predicted molar refractivity (Wildman–Crippen MR) is 85.5 cm³/mol. The van der Waals surface area contributed by atoms with Crippen molar-refractivity contribution in [3.8, 4) is 11.5 Å². The van der Waals surface area contributed by atoms with Gasteiger partial charge in [-0.15, -0.1) is 0 Å². The van der Waals surface area contributed by atoms with Gasteiger partial charge in [0.1, 0.15) is 11.5 Å². The summed E-state index contributed by atoms with van der Waals surface area (Å²) in [6, 6.07) is 5.51. The molecule has 3 nitrogen and oxygen atoms in total. The highest BCUT2D eigenvalue weighted by molar-refractivity contribution is 5.55. The van der Waals surface area contributed by atoms with Crippen molar-refractivity contribution in [1.29, 1.82) is 0 Å². The Morgan fingerprint density at radius 1 is 0.950 bits per heavy atom. The number of benzene rings is 1. The first-order valence-corrected chi connectivity index (χ1v) is 7.84. The van der Waals surface area contributed by atoms with E-state index in [0.29, 0.717) is 5.69 Å². The first kappa shape index (κ1) is 16.7. The zero-order chi connectivity index (χ0) is 14.6. The standard InChI is InChI=1S/C17H29NO2/c1-3-4-5-6-7-8-9-10-13-20-17-14-15(19-2)11-12-16(17)18/h11-12,14H,3-10,13,18H2,1-2H3. The maximum Gasteiger partial charge on any atom is 0.145 e. The monoisotopic (exact) mass is 279 g/mol. The van der Waals surface area contributed by atoms with E-state index in [1.165, 1.54) is 44.9 Å². The number of ether oxygens (including phenoxy) is 2. The van der Waals surface area contributed by atoms with Crippen molar-refractivity contribution in [2.45, 2.75) is 58.3 Å². The van der Waals surface area contributed by atoms with Crippen LogP contribution in [0.3, 0.4) is 0 Å². The van der Waals surface area contributed by atoms with Gasteiger partial charge in [-0.3, -0.25) is 0 Å². The van der Waals surface area contributed by atoms with Crippen LogP contribution in [-0.2, 0) is 0 Å². The summed E-state index contributed by atoms with van der Waals surface area (Å²) in [5, 5.41) is 0. The van der Waals surface area contributed by atoms with Crippen LogP contribution in [0.15, 0.2) is 18.2 Å². The zero-order valence-electron chi connectivity index (χ0n) is 13.0. The lowest BCUT2D eigenvalue weighted by atomic mass is 10.1.